The summed E-state index contributed by atoms with van der Waals surface area (Å²) in [5.41, 5.74) is 0.982. The van der Waals surface area contributed by atoms with E-state index in [1.165, 1.54) is 6.07 Å². The van der Waals surface area contributed by atoms with E-state index < -0.39 is 0 Å². The van der Waals surface area contributed by atoms with Gasteiger partial charge in [0.2, 0.25) is 0 Å². The molecule has 0 radical (unpaired) electrons. The predicted octanol–water partition coefficient (Wildman–Crippen LogP) is 2.89. The quantitative estimate of drug-likeness (QED) is 0.745. The van der Waals surface area contributed by atoms with Crippen LogP contribution in [-0.4, -0.2) is 7.05 Å². The lowest BCUT2D eigenvalue weighted by Crippen LogP contribution is -2.16. The monoisotopic (exact) mass is 205 g/mol. The zero-order valence-corrected chi connectivity index (χ0v) is 9.18. The van der Waals surface area contributed by atoms with E-state index in [0.29, 0.717) is 0 Å². The first-order valence-corrected chi connectivity index (χ1v) is 5.10. The summed E-state index contributed by atoms with van der Waals surface area (Å²) in [6, 6.07) is 6.88. The molecule has 0 spiro atoms. The van der Waals surface area contributed by atoms with Crippen LogP contribution in [0.1, 0.15) is 31.4 Å². The minimum absolute atomic E-state index is 0.182. The summed E-state index contributed by atoms with van der Waals surface area (Å²) >= 11 is 0. The number of hydrogen-bond donors (Lipinski definition) is 1. The first-order valence-electron chi connectivity index (χ1n) is 5.10. The van der Waals surface area contributed by atoms with Gasteiger partial charge in [-0.3, -0.25) is 0 Å². The highest BCUT2D eigenvalue weighted by Gasteiger charge is 2.08. The van der Waals surface area contributed by atoms with Crippen LogP contribution in [0.4, 0.5) is 4.39 Å². The van der Waals surface area contributed by atoms with Gasteiger partial charge in [-0.1, -0.05) is 12.1 Å². The van der Waals surface area contributed by atoms with E-state index >= 15 is 0 Å². The van der Waals surface area contributed by atoms with Crippen LogP contribution in [0.15, 0.2) is 24.3 Å². The van der Waals surface area contributed by atoms with Gasteiger partial charge >= 0.3 is 0 Å². The Morgan fingerprint density at radius 3 is 2.87 bits per heavy atom. The normalized spacial score (nSPS) is 11.7. The van der Waals surface area contributed by atoms with Crippen LogP contribution in [0.5, 0.6) is 0 Å². The van der Waals surface area contributed by atoms with Crippen molar-refractivity contribution >= 4 is 0 Å². The molecule has 1 aromatic carbocycles. The SMILES string of the molecule is CC#CCCC(NC)c1cccc(F)c1. The van der Waals surface area contributed by atoms with E-state index in [2.05, 4.69) is 17.2 Å². The van der Waals surface area contributed by atoms with Crippen LogP contribution in [0.2, 0.25) is 0 Å². The lowest BCUT2D eigenvalue weighted by atomic mass is 10.0. The van der Waals surface area contributed by atoms with E-state index in [-0.39, 0.29) is 11.9 Å². The maximum atomic E-state index is 13.0. The fourth-order valence-electron chi connectivity index (χ4n) is 1.54. The summed E-state index contributed by atoms with van der Waals surface area (Å²) in [5, 5.41) is 3.17. The molecule has 0 saturated heterocycles. The molecule has 15 heavy (non-hydrogen) atoms. The third-order valence-electron chi connectivity index (χ3n) is 2.33. The highest BCUT2D eigenvalue weighted by molar-refractivity contribution is 5.20. The Hall–Kier alpha value is -1.33. The Morgan fingerprint density at radius 2 is 2.27 bits per heavy atom. The van der Waals surface area contributed by atoms with Crippen molar-refractivity contribution < 1.29 is 4.39 Å². The van der Waals surface area contributed by atoms with Crippen molar-refractivity contribution in [2.45, 2.75) is 25.8 Å². The average Bonchev–Trinajstić information content (AvgIpc) is 2.24. The zero-order chi connectivity index (χ0) is 11.1. The van der Waals surface area contributed by atoms with Crippen LogP contribution in [0.3, 0.4) is 0 Å². The van der Waals surface area contributed by atoms with Gasteiger partial charge in [0.15, 0.2) is 0 Å². The predicted molar refractivity (Wildman–Crippen MR) is 60.9 cm³/mol. The molecule has 1 atom stereocenters. The maximum Gasteiger partial charge on any atom is 0.123 e. The van der Waals surface area contributed by atoms with Gasteiger partial charge in [-0.2, -0.15) is 0 Å². The number of halogens is 1. The van der Waals surface area contributed by atoms with Crippen LogP contribution >= 0.6 is 0 Å². The molecule has 1 unspecified atom stereocenters. The zero-order valence-electron chi connectivity index (χ0n) is 9.18. The Morgan fingerprint density at radius 1 is 1.47 bits per heavy atom. The van der Waals surface area contributed by atoms with Crippen LogP contribution in [0, 0.1) is 17.7 Å². The largest absolute Gasteiger partial charge is 0.313 e. The third-order valence-corrected chi connectivity index (χ3v) is 2.33. The Kier molecular flexibility index (Phi) is 4.86. The summed E-state index contributed by atoms with van der Waals surface area (Å²) in [4.78, 5) is 0. The van der Waals surface area contributed by atoms with Crippen molar-refractivity contribution in [2.24, 2.45) is 0 Å². The van der Waals surface area contributed by atoms with Crippen LogP contribution in [0.25, 0.3) is 0 Å². The first kappa shape index (κ1) is 11.7. The second-order valence-electron chi connectivity index (χ2n) is 3.36. The van der Waals surface area contributed by atoms with Gasteiger partial charge in [0, 0.05) is 12.5 Å². The van der Waals surface area contributed by atoms with Crippen molar-refractivity contribution in [2.75, 3.05) is 7.05 Å². The molecule has 0 bridgehead atoms. The van der Waals surface area contributed by atoms with E-state index in [0.717, 1.165) is 18.4 Å². The molecule has 1 N–H and O–H groups in total. The third kappa shape index (κ3) is 3.73. The Bertz CT molecular complexity index is 362. The van der Waals surface area contributed by atoms with E-state index in [1.807, 2.05) is 20.0 Å². The molecule has 0 aromatic heterocycles. The molecule has 1 aromatic rings. The molecule has 0 aliphatic heterocycles. The van der Waals surface area contributed by atoms with Gasteiger partial charge in [0.1, 0.15) is 5.82 Å². The van der Waals surface area contributed by atoms with E-state index in [9.17, 15) is 4.39 Å². The van der Waals surface area contributed by atoms with Crippen molar-refractivity contribution in [1.82, 2.24) is 5.32 Å². The lowest BCUT2D eigenvalue weighted by molar-refractivity contribution is 0.550. The minimum atomic E-state index is -0.186. The molecule has 0 fully saturated rings. The van der Waals surface area contributed by atoms with Gasteiger partial charge in [-0.15, -0.1) is 11.8 Å². The number of hydrogen-bond acceptors (Lipinski definition) is 1. The summed E-state index contributed by atoms with van der Waals surface area (Å²) in [7, 11) is 1.88. The summed E-state index contributed by atoms with van der Waals surface area (Å²) < 4.78 is 13.0. The van der Waals surface area contributed by atoms with Crippen molar-refractivity contribution in [3.63, 3.8) is 0 Å². The highest BCUT2D eigenvalue weighted by atomic mass is 19.1. The molecule has 80 valence electrons. The number of benzene rings is 1. The van der Waals surface area contributed by atoms with E-state index in [4.69, 9.17) is 0 Å². The van der Waals surface area contributed by atoms with Gasteiger partial charge in [0.05, 0.1) is 0 Å². The Labute approximate surface area is 90.7 Å². The molecule has 0 aliphatic rings. The van der Waals surface area contributed by atoms with Gasteiger partial charge < -0.3 is 5.32 Å². The van der Waals surface area contributed by atoms with Gasteiger partial charge in [-0.05, 0) is 38.1 Å². The minimum Gasteiger partial charge on any atom is -0.313 e. The van der Waals surface area contributed by atoms with Crippen molar-refractivity contribution in [3.05, 3.63) is 35.6 Å². The smallest absolute Gasteiger partial charge is 0.123 e. The second kappa shape index (κ2) is 6.21. The molecule has 2 heteroatoms. The topological polar surface area (TPSA) is 12.0 Å². The van der Waals surface area contributed by atoms with Crippen LogP contribution < -0.4 is 5.32 Å². The Balaban J connectivity index is 2.68. The standard InChI is InChI=1S/C13H16FN/c1-3-4-5-9-13(15-2)11-7-6-8-12(14)10-11/h6-8,10,13,15H,5,9H2,1-2H3. The molecule has 1 rings (SSSR count). The molecule has 0 heterocycles. The number of nitrogens with one attached hydrogen (secondary N) is 1. The molecular weight excluding hydrogens is 189 g/mol. The fourth-order valence-corrected chi connectivity index (χ4v) is 1.54. The van der Waals surface area contributed by atoms with Gasteiger partial charge in [-0.25, -0.2) is 4.39 Å². The number of rotatable bonds is 4. The fraction of sp³-hybridized carbons (Fsp3) is 0.385. The van der Waals surface area contributed by atoms with Crippen molar-refractivity contribution in [1.29, 1.82) is 0 Å². The molecule has 0 aliphatic carbocycles. The second-order valence-corrected chi connectivity index (χ2v) is 3.36. The maximum absolute atomic E-state index is 13.0. The summed E-state index contributed by atoms with van der Waals surface area (Å²) in [5.74, 6) is 5.69. The first-order chi connectivity index (χ1) is 7.27. The highest BCUT2D eigenvalue weighted by Crippen LogP contribution is 2.18. The molecule has 1 nitrogen and oxygen atoms in total. The average molecular weight is 205 g/mol. The lowest BCUT2D eigenvalue weighted by Gasteiger charge is -2.15. The van der Waals surface area contributed by atoms with Crippen molar-refractivity contribution in [3.8, 4) is 11.8 Å². The summed E-state index contributed by atoms with van der Waals surface area (Å²) in [6.45, 7) is 1.83. The van der Waals surface area contributed by atoms with Gasteiger partial charge in [0.25, 0.3) is 0 Å². The van der Waals surface area contributed by atoms with E-state index in [1.54, 1.807) is 12.1 Å². The molecule has 0 saturated carbocycles. The van der Waals surface area contributed by atoms with Crippen LogP contribution in [-0.2, 0) is 0 Å². The molecule has 0 amide bonds. The summed E-state index contributed by atoms with van der Waals surface area (Å²) in [6.07, 6.45) is 1.74. The molecular formula is C13H16FN.